The molecular weight excluding hydrogens is 264 g/mol. The molecule has 0 aliphatic rings. The zero-order chi connectivity index (χ0) is 15.4. The molecule has 2 aromatic rings. The molecule has 0 spiro atoms. The van der Waals surface area contributed by atoms with Crippen molar-refractivity contribution >= 4 is 0 Å². The molecule has 4 heteroatoms. The number of nitrogens with zero attached hydrogens (tertiary/aromatic N) is 1. The number of para-hydroxylation sites is 1. The van der Waals surface area contributed by atoms with Crippen molar-refractivity contribution in [1.29, 1.82) is 0 Å². The van der Waals surface area contributed by atoms with Crippen LogP contribution in [0.15, 0.2) is 28.8 Å². The van der Waals surface area contributed by atoms with Gasteiger partial charge in [-0.2, -0.15) is 0 Å². The predicted octanol–water partition coefficient (Wildman–Crippen LogP) is 4.19. The van der Waals surface area contributed by atoms with Crippen LogP contribution in [-0.2, 0) is 0 Å². The van der Waals surface area contributed by atoms with Crippen LogP contribution in [0.3, 0.4) is 0 Å². The maximum absolute atomic E-state index is 10.1. The van der Waals surface area contributed by atoms with Gasteiger partial charge in [0.2, 0.25) is 0 Å². The summed E-state index contributed by atoms with van der Waals surface area (Å²) in [4.78, 5) is 0. The van der Waals surface area contributed by atoms with Gasteiger partial charge in [0.05, 0.1) is 5.69 Å². The molecule has 2 atom stereocenters. The number of aromatic nitrogens is 1. The van der Waals surface area contributed by atoms with E-state index in [4.69, 9.17) is 4.52 Å². The van der Waals surface area contributed by atoms with E-state index < -0.39 is 0 Å². The molecule has 114 valence electrons. The Morgan fingerprint density at radius 1 is 1.14 bits per heavy atom. The SMILES string of the molecule is CC[C@H](N[C@H](CC)c1c(C)noc1C)c1ccccc1O. The van der Waals surface area contributed by atoms with E-state index in [0.717, 1.165) is 35.4 Å². The normalized spacial score (nSPS) is 14.1. The van der Waals surface area contributed by atoms with Crippen LogP contribution in [0.5, 0.6) is 5.75 Å². The van der Waals surface area contributed by atoms with Gasteiger partial charge < -0.3 is 14.9 Å². The summed E-state index contributed by atoms with van der Waals surface area (Å²) in [5, 5.41) is 17.7. The fourth-order valence-corrected chi connectivity index (χ4v) is 2.85. The van der Waals surface area contributed by atoms with E-state index in [0.29, 0.717) is 5.75 Å². The van der Waals surface area contributed by atoms with Crippen molar-refractivity contribution in [3.63, 3.8) is 0 Å². The second kappa shape index (κ2) is 6.76. The van der Waals surface area contributed by atoms with E-state index >= 15 is 0 Å². The number of rotatable bonds is 6. The van der Waals surface area contributed by atoms with Gasteiger partial charge >= 0.3 is 0 Å². The molecule has 0 fully saturated rings. The van der Waals surface area contributed by atoms with Crippen molar-refractivity contribution in [2.24, 2.45) is 0 Å². The summed E-state index contributed by atoms with van der Waals surface area (Å²) in [5.41, 5.74) is 3.00. The summed E-state index contributed by atoms with van der Waals surface area (Å²) in [6.07, 6.45) is 1.84. The quantitative estimate of drug-likeness (QED) is 0.836. The largest absolute Gasteiger partial charge is 0.508 e. The third kappa shape index (κ3) is 3.27. The number of nitrogens with one attached hydrogen (secondary N) is 1. The zero-order valence-corrected chi connectivity index (χ0v) is 13.2. The smallest absolute Gasteiger partial charge is 0.138 e. The van der Waals surface area contributed by atoms with Crippen LogP contribution in [0.4, 0.5) is 0 Å². The molecule has 1 heterocycles. The summed E-state index contributed by atoms with van der Waals surface area (Å²) in [6.45, 7) is 8.17. The molecule has 0 radical (unpaired) electrons. The average molecular weight is 288 g/mol. The van der Waals surface area contributed by atoms with Crippen LogP contribution >= 0.6 is 0 Å². The lowest BCUT2D eigenvalue weighted by atomic mass is 9.97. The van der Waals surface area contributed by atoms with Crippen LogP contribution < -0.4 is 5.32 Å². The second-order valence-corrected chi connectivity index (χ2v) is 5.38. The summed E-state index contributed by atoms with van der Waals surface area (Å²) < 4.78 is 5.28. The molecule has 1 aromatic heterocycles. The first-order chi connectivity index (χ1) is 10.1. The van der Waals surface area contributed by atoms with E-state index in [1.807, 2.05) is 32.0 Å². The van der Waals surface area contributed by atoms with Gasteiger partial charge in [-0.3, -0.25) is 0 Å². The van der Waals surface area contributed by atoms with E-state index in [2.05, 4.69) is 24.3 Å². The number of hydrogen-bond donors (Lipinski definition) is 2. The Balaban J connectivity index is 2.26. The first-order valence-corrected chi connectivity index (χ1v) is 7.55. The fraction of sp³-hybridized carbons (Fsp3) is 0.471. The van der Waals surface area contributed by atoms with Crippen molar-refractivity contribution in [3.05, 3.63) is 46.8 Å². The van der Waals surface area contributed by atoms with Gasteiger partial charge in [-0.05, 0) is 32.8 Å². The summed E-state index contributed by atoms with van der Waals surface area (Å²) in [5.74, 6) is 1.20. The van der Waals surface area contributed by atoms with Gasteiger partial charge in [-0.1, -0.05) is 37.2 Å². The van der Waals surface area contributed by atoms with E-state index in [-0.39, 0.29) is 12.1 Å². The maximum atomic E-state index is 10.1. The molecule has 0 saturated heterocycles. The zero-order valence-electron chi connectivity index (χ0n) is 13.2. The highest BCUT2D eigenvalue weighted by atomic mass is 16.5. The lowest BCUT2D eigenvalue weighted by Gasteiger charge is -2.25. The van der Waals surface area contributed by atoms with Crippen LogP contribution in [0.1, 0.15) is 61.4 Å². The van der Waals surface area contributed by atoms with Crippen LogP contribution in [-0.4, -0.2) is 10.3 Å². The molecule has 0 aliphatic carbocycles. The molecule has 0 bridgehead atoms. The summed E-state index contributed by atoms with van der Waals surface area (Å²) in [6, 6.07) is 7.77. The van der Waals surface area contributed by atoms with Gasteiger partial charge in [0, 0.05) is 23.2 Å². The Bertz CT molecular complexity index is 573. The Morgan fingerprint density at radius 3 is 2.33 bits per heavy atom. The summed E-state index contributed by atoms with van der Waals surface area (Å²) >= 11 is 0. The van der Waals surface area contributed by atoms with E-state index in [1.165, 1.54) is 0 Å². The lowest BCUT2D eigenvalue weighted by molar-refractivity contribution is 0.381. The molecular formula is C17H24N2O2. The molecule has 4 nitrogen and oxygen atoms in total. The third-order valence-corrected chi connectivity index (χ3v) is 3.97. The molecule has 0 aliphatic heterocycles. The van der Waals surface area contributed by atoms with Crippen LogP contribution in [0.25, 0.3) is 0 Å². The molecule has 0 unspecified atom stereocenters. The van der Waals surface area contributed by atoms with Gasteiger partial charge in [0.1, 0.15) is 11.5 Å². The van der Waals surface area contributed by atoms with Crippen molar-refractivity contribution in [1.82, 2.24) is 10.5 Å². The highest BCUT2D eigenvalue weighted by molar-refractivity contribution is 5.35. The minimum absolute atomic E-state index is 0.102. The first-order valence-electron chi connectivity index (χ1n) is 7.55. The lowest BCUT2D eigenvalue weighted by Crippen LogP contribution is -2.26. The summed E-state index contributed by atoms with van der Waals surface area (Å²) in [7, 11) is 0. The highest BCUT2D eigenvalue weighted by Crippen LogP contribution is 2.31. The Morgan fingerprint density at radius 2 is 1.81 bits per heavy atom. The minimum Gasteiger partial charge on any atom is -0.508 e. The number of aromatic hydroxyl groups is 1. The Kier molecular flexibility index (Phi) is 5.02. The number of benzene rings is 1. The standard InChI is InChI=1S/C17H24N2O2/c1-5-14(13-9-7-8-10-16(13)20)18-15(6-2)17-11(3)19-21-12(17)4/h7-10,14-15,18,20H,5-6H2,1-4H3/t14-,15+/m0/s1. The van der Waals surface area contributed by atoms with Crippen molar-refractivity contribution in [2.45, 2.75) is 52.6 Å². The monoisotopic (exact) mass is 288 g/mol. The minimum atomic E-state index is 0.102. The molecule has 0 saturated carbocycles. The number of aryl methyl sites for hydroxylation is 2. The molecule has 21 heavy (non-hydrogen) atoms. The average Bonchev–Trinajstić information content (AvgIpc) is 2.81. The number of hydrogen-bond acceptors (Lipinski definition) is 4. The maximum Gasteiger partial charge on any atom is 0.138 e. The van der Waals surface area contributed by atoms with Gasteiger partial charge in [0.15, 0.2) is 0 Å². The highest BCUT2D eigenvalue weighted by Gasteiger charge is 2.23. The van der Waals surface area contributed by atoms with E-state index in [9.17, 15) is 5.11 Å². The molecule has 2 rings (SSSR count). The fourth-order valence-electron chi connectivity index (χ4n) is 2.85. The molecule has 0 amide bonds. The van der Waals surface area contributed by atoms with Crippen molar-refractivity contribution in [3.8, 4) is 5.75 Å². The van der Waals surface area contributed by atoms with E-state index in [1.54, 1.807) is 6.07 Å². The van der Waals surface area contributed by atoms with Crippen molar-refractivity contribution in [2.75, 3.05) is 0 Å². The van der Waals surface area contributed by atoms with Crippen LogP contribution in [0.2, 0.25) is 0 Å². The first kappa shape index (κ1) is 15.6. The Hall–Kier alpha value is -1.81. The van der Waals surface area contributed by atoms with Gasteiger partial charge in [0.25, 0.3) is 0 Å². The molecule has 2 N–H and O–H groups in total. The predicted molar refractivity (Wildman–Crippen MR) is 83.3 cm³/mol. The topological polar surface area (TPSA) is 58.3 Å². The third-order valence-electron chi connectivity index (χ3n) is 3.97. The Labute approximate surface area is 126 Å². The van der Waals surface area contributed by atoms with Crippen LogP contribution in [0, 0.1) is 13.8 Å². The number of phenolic OH excluding ortho intramolecular Hbond substituents is 1. The number of phenols is 1. The van der Waals surface area contributed by atoms with Gasteiger partial charge in [-0.15, -0.1) is 0 Å². The second-order valence-electron chi connectivity index (χ2n) is 5.38. The van der Waals surface area contributed by atoms with Crippen molar-refractivity contribution < 1.29 is 9.63 Å². The van der Waals surface area contributed by atoms with Gasteiger partial charge in [-0.25, -0.2) is 0 Å². The molecule has 1 aromatic carbocycles.